The fraction of sp³-hybridized carbons (Fsp3) is 0.357. The highest BCUT2D eigenvalue weighted by molar-refractivity contribution is 7.89. The van der Waals surface area contributed by atoms with Crippen LogP contribution in [-0.4, -0.2) is 48.4 Å². The number of amides is 1. The molecule has 122 valence electrons. The zero-order valence-electron chi connectivity index (χ0n) is 12.8. The van der Waals surface area contributed by atoms with E-state index in [0.717, 1.165) is 4.31 Å². The van der Waals surface area contributed by atoms with Gasteiger partial charge in [-0.3, -0.25) is 9.69 Å². The lowest BCUT2D eigenvalue weighted by atomic mass is 10.3. The highest BCUT2D eigenvalue weighted by Crippen LogP contribution is 2.25. The third-order valence-corrected chi connectivity index (χ3v) is 5.77. The molecule has 0 bridgehead atoms. The number of pyridine rings is 1. The fourth-order valence-corrected chi connectivity index (χ4v) is 4.26. The van der Waals surface area contributed by atoms with Crippen molar-refractivity contribution in [1.29, 1.82) is 0 Å². The topological polar surface area (TPSA) is 96.6 Å². The predicted molar refractivity (Wildman–Crippen MR) is 81.3 cm³/mol. The molecule has 1 aliphatic rings. The molecule has 0 aliphatic carbocycles. The van der Waals surface area contributed by atoms with Gasteiger partial charge in [-0.05, 0) is 26.0 Å². The molecule has 1 aliphatic heterocycles. The lowest BCUT2D eigenvalue weighted by Gasteiger charge is -2.32. The van der Waals surface area contributed by atoms with Gasteiger partial charge in [0.2, 0.25) is 15.9 Å². The SMILES string of the molecule is Cc1noc(C)c1S(=O)(=O)N1CCN(c2ccccn2)C(=O)C1. The monoisotopic (exact) mass is 336 g/mol. The van der Waals surface area contributed by atoms with Crippen LogP contribution in [0.25, 0.3) is 0 Å². The minimum atomic E-state index is -3.81. The van der Waals surface area contributed by atoms with Gasteiger partial charge in [-0.1, -0.05) is 11.2 Å². The Morgan fingerprint density at radius 1 is 1.22 bits per heavy atom. The van der Waals surface area contributed by atoms with Crippen LogP contribution < -0.4 is 4.90 Å². The van der Waals surface area contributed by atoms with E-state index < -0.39 is 10.0 Å². The molecule has 3 rings (SSSR count). The minimum absolute atomic E-state index is 0.0385. The predicted octanol–water partition coefficient (Wildman–Crippen LogP) is 0.724. The summed E-state index contributed by atoms with van der Waals surface area (Å²) in [5, 5.41) is 3.67. The van der Waals surface area contributed by atoms with Gasteiger partial charge in [0.1, 0.15) is 16.4 Å². The fourth-order valence-electron chi connectivity index (χ4n) is 2.58. The molecular formula is C14H16N4O4S. The summed E-state index contributed by atoms with van der Waals surface area (Å²) in [4.78, 5) is 18.0. The van der Waals surface area contributed by atoms with Crippen LogP contribution in [-0.2, 0) is 14.8 Å². The Bertz CT molecular complexity index is 812. The molecule has 0 spiro atoms. The van der Waals surface area contributed by atoms with Crippen LogP contribution in [0.15, 0.2) is 33.8 Å². The van der Waals surface area contributed by atoms with Crippen molar-refractivity contribution in [2.75, 3.05) is 24.5 Å². The van der Waals surface area contributed by atoms with Gasteiger partial charge in [-0.15, -0.1) is 0 Å². The summed E-state index contributed by atoms with van der Waals surface area (Å²) in [7, 11) is -3.81. The maximum atomic E-state index is 12.7. The molecule has 0 radical (unpaired) electrons. The molecule has 1 fully saturated rings. The van der Waals surface area contributed by atoms with Crippen molar-refractivity contribution in [3.8, 4) is 0 Å². The highest BCUT2D eigenvalue weighted by atomic mass is 32.2. The number of aromatic nitrogens is 2. The number of anilines is 1. The number of hydrogen-bond acceptors (Lipinski definition) is 6. The van der Waals surface area contributed by atoms with E-state index in [4.69, 9.17) is 4.52 Å². The second-order valence-corrected chi connectivity index (χ2v) is 7.10. The number of sulfonamides is 1. The zero-order valence-corrected chi connectivity index (χ0v) is 13.6. The standard InChI is InChI=1S/C14H16N4O4S/c1-10-14(11(2)22-16-10)23(20,21)17-7-8-18(13(19)9-17)12-5-3-4-6-15-12/h3-6H,7-9H2,1-2H3. The van der Waals surface area contributed by atoms with Gasteiger partial charge in [-0.2, -0.15) is 4.31 Å². The Morgan fingerprint density at radius 3 is 2.57 bits per heavy atom. The zero-order chi connectivity index (χ0) is 16.6. The average molecular weight is 336 g/mol. The lowest BCUT2D eigenvalue weighted by molar-refractivity contribution is -0.120. The van der Waals surface area contributed by atoms with Gasteiger partial charge in [0.05, 0.1) is 6.54 Å². The molecule has 9 heteroatoms. The molecule has 2 aromatic rings. The molecule has 0 N–H and O–H groups in total. The van der Waals surface area contributed by atoms with E-state index in [9.17, 15) is 13.2 Å². The van der Waals surface area contributed by atoms with Crippen LogP contribution in [0.4, 0.5) is 5.82 Å². The van der Waals surface area contributed by atoms with Crippen LogP contribution in [0.1, 0.15) is 11.5 Å². The number of rotatable bonds is 3. The van der Waals surface area contributed by atoms with E-state index in [0.29, 0.717) is 11.5 Å². The van der Waals surface area contributed by atoms with Crippen LogP contribution in [0.3, 0.4) is 0 Å². The van der Waals surface area contributed by atoms with Crippen molar-refractivity contribution in [2.45, 2.75) is 18.7 Å². The molecule has 3 heterocycles. The molecule has 8 nitrogen and oxygen atoms in total. The van der Waals surface area contributed by atoms with Gasteiger partial charge in [0, 0.05) is 19.3 Å². The molecular weight excluding hydrogens is 320 g/mol. The van der Waals surface area contributed by atoms with Gasteiger partial charge in [-0.25, -0.2) is 13.4 Å². The summed E-state index contributed by atoms with van der Waals surface area (Å²) in [5.74, 6) is 0.430. The molecule has 0 unspecified atom stereocenters. The van der Waals surface area contributed by atoms with Crippen molar-refractivity contribution >= 4 is 21.7 Å². The molecule has 2 aromatic heterocycles. The van der Waals surface area contributed by atoms with E-state index in [1.54, 1.807) is 38.2 Å². The smallest absolute Gasteiger partial charge is 0.249 e. The number of carbonyl (C=O) groups is 1. The van der Waals surface area contributed by atoms with Crippen molar-refractivity contribution in [1.82, 2.24) is 14.4 Å². The maximum absolute atomic E-state index is 12.7. The molecule has 23 heavy (non-hydrogen) atoms. The first kappa shape index (κ1) is 15.6. The summed E-state index contributed by atoms with van der Waals surface area (Å²) in [6.07, 6.45) is 1.59. The Morgan fingerprint density at radius 2 is 2.00 bits per heavy atom. The Kier molecular flexibility index (Phi) is 3.90. The first-order valence-corrected chi connectivity index (χ1v) is 8.49. The van der Waals surface area contributed by atoms with Crippen molar-refractivity contribution in [2.24, 2.45) is 0 Å². The van der Waals surface area contributed by atoms with Crippen molar-refractivity contribution < 1.29 is 17.7 Å². The van der Waals surface area contributed by atoms with E-state index in [2.05, 4.69) is 10.1 Å². The van der Waals surface area contributed by atoms with Gasteiger partial charge < -0.3 is 4.52 Å². The van der Waals surface area contributed by atoms with Crippen molar-refractivity contribution in [3.63, 3.8) is 0 Å². The number of nitrogens with zero attached hydrogens (tertiary/aromatic N) is 4. The molecule has 0 saturated carbocycles. The quantitative estimate of drug-likeness (QED) is 0.819. The molecule has 1 saturated heterocycles. The number of aryl methyl sites for hydroxylation is 2. The normalized spacial score (nSPS) is 16.8. The van der Waals surface area contributed by atoms with Crippen LogP contribution in [0.2, 0.25) is 0 Å². The summed E-state index contributed by atoms with van der Waals surface area (Å²) >= 11 is 0. The van der Waals surface area contributed by atoms with Crippen LogP contribution >= 0.6 is 0 Å². The Labute approximate surface area is 133 Å². The first-order valence-electron chi connectivity index (χ1n) is 7.05. The second kappa shape index (κ2) is 5.74. The van der Waals surface area contributed by atoms with E-state index in [1.807, 2.05) is 0 Å². The lowest BCUT2D eigenvalue weighted by Crippen LogP contribution is -2.52. The maximum Gasteiger partial charge on any atom is 0.249 e. The number of hydrogen-bond donors (Lipinski definition) is 0. The molecule has 1 amide bonds. The van der Waals surface area contributed by atoms with E-state index in [-0.39, 0.29) is 36.2 Å². The third kappa shape index (κ3) is 2.73. The minimum Gasteiger partial charge on any atom is -0.360 e. The van der Waals surface area contributed by atoms with Gasteiger partial charge in [0.25, 0.3) is 0 Å². The van der Waals surface area contributed by atoms with E-state index in [1.165, 1.54) is 4.90 Å². The van der Waals surface area contributed by atoms with Crippen LogP contribution in [0, 0.1) is 13.8 Å². The van der Waals surface area contributed by atoms with E-state index >= 15 is 0 Å². The third-order valence-electron chi connectivity index (χ3n) is 3.68. The average Bonchev–Trinajstić information content (AvgIpc) is 2.87. The molecule has 0 atom stereocenters. The van der Waals surface area contributed by atoms with Gasteiger partial charge >= 0.3 is 0 Å². The van der Waals surface area contributed by atoms with Crippen molar-refractivity contribution in [3.05, 3.63) is 35.9 Å². The van der Waals surface area contributed by atoms with Gasteiger partial charge in [0.15, 0.2) is 5.76 Å². The first-order chi connectivity index (χ1) is 10.9. The summed E-state index contributed by atoms with van der Waals surface area (Å²) < 4.78 is 31.5. The Balaban J connectivity index is 1.84. The molecule has 0 aromatic carbocycles. The second-order valence-electron chi connectivity index (χ2n) is 5.23. The highest BCUT2D eigenvalue weighted by Gasteiger charge is 2.36. The summed E-state index contributed by atoms with van der Waals surface area (Å²) in [6, 6.07) is 5.26. The number of piperazine rings is 1. The largest absolute Gasteiger partial charge is 0.360 e. The van der Waals surface area contributed by atoms with Crippen LogP contribution in [0.5, 0.6) is 0 Å². The Hall–Kier alpha value is -2.26. The number of carbonyl (C=O) groups excluding carboxylic acids is 1. The summed E-state index contributed by atoms with van der Waals surface area (Å²) in [6.45, 7) is 3.31. The summed E-state index contributed by atoms with van der Waals surface area (Å²) in [5.41, 5.74) is 0.294.